The molecule has 0 heterocycles. The fourth-order valence-corrected chi connectivity index (χ4v) is 3.85. The molecular formula is C7H16AlClO. The van der Waals surface area contributed by atoms with Gasteiger partial charge in [-0.2, -0.15) is 0 Å². The van der Waals surface area contributed by atoms with Crippen LogP contribution in [0.3, 0.4) is 0 Å². The Bertz CT molecular complexity index is 75.7. The van der Waals surface area contributed by atoms with Gasteiger partial charge in [-0.3, -0.25) is 0 Å². The quantitative estimate of drug-likeness (QED) is 0.602. The zero-order chi connectivity index (χ0) is 8.15. The maximum Gasteiger partial charge on any atom is 0.592 e. The normalized spacial score (nSPS) is 11.1. The molecule has 0 spiro atoms. The molecule has 0 aromatic rings. The van der Waals surface area contributed by atoms with E-state index in [9.17, 15) is 0 Å². The van der Waals surface area contributed by atoms with E-state index in [-0.39, 0.29) is 0 Å². The van der Waals surface area contributed by atoms with Crippen molar-refractivity contribution in [1.82, 2.24) is 0 Å². The summed E-state index contributed by atoms with van der Waals surface area (Å²) in [5.41, 5.74) is 0. The molecular weight excluding hydrogens is 163 g/mol. The minimum absolute atomic E-state index is 0.299. The molecule has 0 bridgehead atoms. The van der Waals surface area contributed by atoms with E-state index >= 15 is 0 Å². The van der Waals surface area contributed by atoms with Crippen molar-refractivity contribution in [2.75, 3.05) is 0 Å². The molecule has 0 amide bonds. The Kier molecular flexibility index (Phi) is 5.86. The van der Waals surface area contributed by atoms with Gasteiger partial charge in [0, 0.05) is 6.10 Å². The van der Waals surface area contributed by atoms with Crippen LogP contribution in [0.1, 0.15) is 27.7 Å². The van der Waals surface area contributed by atoms with Gasteiger partial charge >= 0.3 is 13.6 Å². The third kappa shape index (κ3) is 6.90. The van der Waals surface area contributed by atoms with Crippen LogP contribution in [0, 0.1) is 5.92 Å². The standard InChI is InChI=1S/C4H9.C3H7O.Al.ClH/c1-4(2)3;1-3(2)4;;/h4H,1H2,2-3H3;3H,1-2H3;;1H/q;-1;+2;/p-1. The fraction of sp³-hybridized carbons (Fsp3) is 1.00. The highest BCUT2D eigenvalue weighted by molar-refractivity contribution is 7.03. The van der Waals surface area contributed by atoms with Crippen LogP contribution in [-0.4, -0.2) is 19.7 Å². The summed E-state index contributed by atoms with van der Waals surface area (Å²) in [6.07, 6.45) is 0.299. The molecule has 0 saturated heterocycles. The number of hydrogen-bond acceptors (Lipinski definition) is 1. The molecule has 0 rings (SSSR count). The molecule has 60 valence electrons. The number of hydrogen-bond donors (Lipinski definition) is 0. The van der Waals surface area contributed by atoms with Crippen molar-refractivity contribution in [3.63, 3.8) is 0 Å². The summed E-state index contributed by atoms with van der Waals surface area (Å²) in [5.74, 6) is 0.674. The first-order chi connectivity index (χ1) is 4.52. The monoisotopic (exact) mass is 178 g/mol. The predicted molar refractivity (Wildman–Crippen MR) is 47.5 cm³/mol. The Hall–Kier alpha value is 0.782. The Balaban J connectivity index is 3.34. The highest BCUT2D eigenvalue weighted by Gasteiger charge is 2.20. The van der Waals surface area contributed by atoms with E-state index in [0.29, 0.717) is 12.0 Å². The lowest BCUT2D eigenvalue weighted by Gasteiger charge is -2.11. The van der Waals surface area contributed by atoms with Gasteiger partial charge in [0.05, 0.1) is 0 Å². The van der Waals surface area contributed by atoms with E-state index in [0.717, 1.165) is 5.28 Å². The zero-order valence-corrected chi connectivity index (χ0v) is 9.14. The molecule has 0 aromatic heterocycles. The van der Waals surface area contributed by atoms with Gasteiger partial charge < -0.3 is 3.79 Å². The molecule has 1 nitrogen and oxygen atoms in total. The molecule has 0 N–H and O–H groups in total. The lowest BCUT2D eigenvalue weighted by Crippen LogP contribution is -2.17. The van der Waals surface area contributed by atoms with Crippen molar-refractivity contribution >= 4 is 23.6 Å². The van der Waals surface area contributed by atoms with Crippen molar-refractivity contribution in [1.29, 1.82) is 0 Å². The topological polar surface area (TPSA) is 9.23 Å². The van der Waals surface area contributed by atoms with E-state index in [1.807, 2.05) is 13.8 Å². The van der Waals surface area contributed by atoms with Crippen LogP contribution in [0.4, 0.5) is 0 Å². The fourth-order valence-electron chi connectivity index (χ4n) is 0.721. The summed E-state index contributed by atoms with van der Waals surface area (Å²) in [7, 11) is 5.99. The molecule has 0 aliphatic carbocycles. The van der Waals surface area contributed by atoms with Crippen LogP contribution in [0.5, 0.6) is 0 Å². The Morgan fingerprint density at radius 3 is 2.10 bits per heavy atom. The lowest BCUT2D eigenvalue weighted by molar-refractivity contribution is 0.248. The highest BCUT2D eigenvalue weighted by atomic mass is 35.6. The molecule has 0 atom stereocenters. The van der Waals surface area contributed by atoms with E-state index < -0.39 is 13.6 Å². The number of halogens is 1. The summed E-state index contributed by atoms with van der Waals surface area (Å²) in [5, 5.41) is 1.07. The molecule has 0 aromatic carbocycles. The van der Waals surface area contributed by atoms with E-state index in [1.54, 1.807) is 0 Å². The lowest BCUT2D eigenvalue weighted by atomic mass is 10.3. The third-order valence-corrected chi connectivity index (χ3v) is 4.07. The van der Waals surface area contributed by atoms with Gasteiger partial charge in [0.25, 0.3) is 0 Å². The summed E-state index contributed by atoms with van der Waals surface area (Å²) in [4.78, 5) is 0. The van der Waals surface area contributed by atoms with Crippen molar-refractivity contribution in [3.05, 3.63) is 0 Å². The molecule has 10 heavy (non-hydrogen) atoms. The predicted octanol–water partition coefficient (Wildman–Crippen LogP) is 2.79. The second-order valence-corrected chi connectivity index (χ2v) is 6.25. The first kappa shape index (κ1) is 10.8. The average Bonchev–Trinajstić information content (AvgIpc) is 1.58. The minimum atomic E-state index is -1.35. The van der Waals surface area contributed by atoms with Crippen molar-refractivity contribution in [3.8, 4) is 0 Å². The van der Waals surface area contributed by atoms with Gasteiger partial charge in [-0.25, -0.2) is 10.0 Å². The van der Waals surface area contributed by atoms with Crippen molar-refractivity contribution in [2.45, 2.75) is 39.1 Å². The van der Waals surface area contributed by atoms with Gasteiger partial charge in [0.1, 0.15) is 0 Å². The first-order valence-corrected chi connectivity index (χ1v) is 6.85. The molecule has 0 aliphatic heterocycles. The summed E-state index contributed by atoms with van der Waals surface area (Å²) < 4.78 is 5.47. The third-order valence-electron chi connectivity index (χ3n) is 1.08. The smallest absolute Gasteiger partial charge is 0.487 e. The summed E-state index contributed by atoms with van der Waals surface area (Å²) in [6, 6.07) is 0. The molecule has 0 radical (unpaired) electrons. The van der Waals surface area contributed by atoms with Gasteiger partial charge in [-0.05, 0) is 13.8 Å². The summed E-state index contributed by atoms with van der Waals surface area (Å²) in [6.45, 7) is 8.41. The second-order valence-electron chi connectivity index (χ2n) is 3.22. The van der Waals surface area contributed by atoms with Crippen LogP contribution in [0.25, 0.3) is 0 Å². The van der Waals surface area contributed by atoms with Crippen LogP contribution < -0.4 is 0 Å². The molecule has 0 fully saturated rings. The molecule has 0 unspecified atom stereocenters. The Morgan fingerprint density at radius 2 is 1.80 bits per heavy atom. The van der Waals surface area contributed by atoms with E-state index in [2.05, 4.69) is 13.8 Å². The summed E-state index contributed by atoms with van der Waals surface area (Å²) >= 11 is -1.35. The van der Waals surface area contributed by atoms with Gasteiger partial charge in [0.15, 0.2) is 0 Å². The molecule has 0 saturated carbocycles. The van der Waals surface area contributed by atoms with Crippen LogP contribution in [0.2, 0.25) is 5.28 Å². The maximum atomic E-state index is 5.99. The van der Waals surface area contributed by atoms with Crippen molar-refractivity contribution in [2.24, 2.45) is 5.92 Å². The van der Waals surface area contributed by atoms with Gasteiger partial charge in [0.2, 0.25) is 0 Å². The zero-order valence-electron chi connectivity index (χ0n) is 7.23. The van der Waals surface area contributed by atoms with Gasteiger partial charge in [-0.15, -0.1) is 0 Å². The van der Waals surface area contributed by atoms with Crippen LogP contribution in [-0.2, 0) is 3.79 Å². The van der Waals surface area contributed by atoms with Crippen LogP contribution in [0.15, 0.2) is 0 Å². The van der Waals surface area contributed by atoms with E-state index in [4.69, 9.17) is 13.8 Å². The highest BCUT2D eigenvalue weighted by Crippen LogP contribution is 2.10. The van der Waals surface area contributed by atoms with Crippen LogP contribution >= 0.6 is 10.0 Å². The van der Waals surface area contributed by atoms with E-state index in [1.165, 1.54) is 0 Å². The van der Waals surface area contributed by atoms with Gasteiger partial charge in [-0.1, -0.05) is 25.0 Å². The average molecular weight is 179 g/mol. The van der Waals surface area contributed by atoms with Crippen molar-refractivity contribution < 1.29 is 3.79 Å². The largest absolute Gasteiger partial charge is 0.592 e. The molecule has 3 heteroatoms. The Labute approximate surface area is 72.6 Å². The molecule has 0 aliphatic rings. The second kappa shape index (κ2) is 5.44. The maximum absolute atomic E-state index is 5.99. The first-order valence-electron chi connectivity index (χ1n) is 3.82. The Morgan fingerprint density at radius 1 is 1.30 bits per heavy atom. The minimum Gasteiger partial charge on any atom is -0.487 e. The number of rotatable bonds is 4. The SMILES string of the molecule is CC(C)[CH2][Al]([Cl])[O]C(C)C.